The summed E-state index contributed by atoms with van der Waals surface area (Å²) < 4.78 is 25.2. The third kappa shape index (κ3) is 4.49. The van der Waals surface area contributed by atoms with Gasteiger partial charge in [-0.05, 0) is 48.7 Å². The van der Waals surface area contributed by atoms with Gasteiger partial charge in [0, 0.05) is 5.69 Å². The molecule has 2 aromatic rings. The molecular formula is C21H24N2O5S. The molecule has 0 radical (unpaired) electrons. The van der Waals surface area contributed by atoms with Gasteiger partial charge in [-0.2, -0.15) is 0 Å². The highest BCUT2D eigenvalue weighted by Crippen LogP contribution is 2.25. The van der Waals surface area contributed by atoms with E-state index in [4.69, 9.17) is 0 Å². The van der Waals surface area contributed by atoms with Crippen molar-refractivity contribution >= 4 is 27.3 Å². The van der Waals surface area contributed by atoms with Crippen molar-refractivity contribution in [2.24, 2.45) is 11.8 Å². The van der Waals surface area contributed by atoms with E-state index in [2.05, 4.69) is 10.6 Å². The van der Waals surface area contributed by atoms with Crippen LogP contribution in [0.3, 0.4) is 0 Å². The van der Waals surface area contributed by atoms with Gasteiger partial charge in [0.1, 0.15) is 5.92 Å². The van der Waals surface area contributed by atoms with E-state index < -0.39 is 39.7 Å². The van der Waals surface area contributed by atoms with Gasteiger partial charge in [-0.1, -0.05) is 32.0 Å². The van der Waals surface area contributed by atoms with Crippen molar-refractivity contribution in [3.8, 4) is 0 Å². The molecule has 3 unspecified atom stereocenters. The van der Waals surface area contributed by atoms with Crippen molar-refractivity contribution in [1.29, 1.82) is 0 Å². The molecule has 0 spiro atoms. The van der Waals surface area contributed by atoms with Crippen LogP contribution in [0.15, 0.2) is 64.4 Å². The smallest absolute Gasteiger partial charge is 0.239 e. The van der Waals surface area contributed by atoms with E-state index in [1.54, 1.807) is 18.2 Å². The number of hydrogen-bond acceptors (Lipinski definition) is 5. The lowest BCUT2D eigenvalue weighted by Crippen LogP contribution is -2.36. The Morgan fingerprint density at radius 3 is 2.24 bits per heavy atom. The molecule has 154 valence electrons. The minimum Gasteiger partial charge on any atom is -0.390 e. The van der Waals surface area contributed by atoms with Gasteiger partial charge in [-0.15, -0.1) is 0 Å². The van der Waals surface area contributed by atoms with Crippen LogP contribution in [0.2, 0.25) is 0 Å². The van der Waals surface area contributed by atoms with Gasteiger partial charge in [0.25, 0.3) is 0 Å². The second kappa shape index (κ2) is 8.34. The SMILES string of the molecule is CC(C)CC1NC(=O)C(C(=O)Nc2ccc(S(=O)(=O)c3ccccc3)cc2)C1O. The van der Waals surface area contributed by atoms with Gasteiger partial charge in [-0.3, -0.25) is 9.59 Å². The summed E-state index contributed by atoms with van der Waals surface area (Å²) in [4.78, 5) is 24.9. The van der Waals surface area contributed by atoms with Crippen molar-refractivity contribution in [2.75, 3.05) is 5.32 Å². The van der Waals surface area contributed by atoms with Crippen LogP contribution in [-0.4, -0.2) is 37.5 Å². The Morgan fingerprint density at radius 1 is 1.07 bits per heavy atom. The molecule has 29 heavy (non-hydrogen) atoms. The van der Waals surface area contributed by atoms with Crippen molar-refractivity contribution in [3.05, 3.63) is 54.6 Å². The number of carbonyl (C=O) groups excluding carboxylic acids is 2. The molecule has 0 aromatic heterocycles. The first-order valence-electron chi connectivity index (χ1n) is 9.39. The first-order valence-corrected chi connectivity index (χ1v) is 10.9. The lowest BCUT2D eigenvalue weighted by atomic mass is 9.94. The minimum atomic E-state index is -3.65. The maximum Gasteiger partial charge on any atom is 0.239 e. The van der Waals surface area contributed by atoms with Crippen molar-refractivity contribution < 1.29 is 23.1 Å². The Kier molecular flexibility index (Phi) is 6.04. The topological polar surface area (TPSA) is 113 Å². The van der Waals surface area contributed by atoms with E-state index in [0.717, 1.165) is 0 Å². The van der Waals surface area contributed by atoms with E-state index in [1.807, 2.05) is 13.8 Å². The number of aliphatic hydroxyl groups excluding tert-OH is 1. The Morgan fingerprint density at radius 2 is 1.66 bits per heavy atom. The summed E-state index contributed by atoms with van der Waals surface area (Å²) in [5.74, 6) is -2.08. The van der Waals surface area contributed by atoms with E-state index >= 15 is 0 Å². The highest BCUT2D eigenvalue weighted by atomic mass is 32.2. The number of rotatable bonds is 6. The maximum atomic E-state index is 12.6. The maximum absolute atomic E-state index is 12.6. The Labute approximate surface area is 170 Å². The van der Waals surface area contributed by atoms with Crippen LogP contribution in [0.5, 0.6) is 0 Å². The van der Waals surface area contributed by atoms with Gasteiger partial charge in [0.05, 0.1) is 21.9 Å². The molecule has 1 aliphatic heterocycles. The number of carbonyl (C=O) groups is 2. The summed E-state index contributed by atoms with van der Waals surface area (Å²) in [6, 6.07) is 13.3. The van der Waals surface area contributed by atoms with Crippen molar-refractivity contribution in [3.63, 3.8) is 0 Å². The van der Waals surface area contributed by atoms with Gasteiger partial charge in [-0.25, -0.2) is 8.42 Å². The summed E-state index contributed by atoms with van der Waals surface area (Å²) >= 11 is 0. The highest BCUT2D eigenvalue weighted by molar-refractivity contribution is 7.91. The Bertz CT molecular complexity index is 987. The lowest BCUT2D eigenvalue weighted by molar-refractivity contribution is -0.132. The fourth-order valence-electron chi connectivity index (χ4n) is 3.40. The first kappa shape index (κ1) is 21.0. The fourth-order valence-corrected chi connectivity index (χ4v) is 4.68. The zero-order valence-corrected chi connectivity index (χ0v) is 17.0. The molecule has 2 aromatic carbocycles. The van der Waals surface area contributed by atoms with E-state index in [-0.39, 0.29) is 15.7 Å². The van der Waals surface area contributed by atoms with Crippen LogP contribution in [0.4, 0.5) is 5.69 Å². The van der Waals surface area contributed by atoms with Crippen molar-refractivity contribution in [1.82, 2.24) is 5.32 Å². The zero-order valence-electron chi connectivity index (χ0n) is 16.2. The van der Waals surface area contributed by atoms with Crippen LogP contribution in [0.25, 0.3) is 0 Å². The number of hydrogen-bond donors (Lipinski definition) is 3. The van der Waals surface area contributed by atoms with Crippen LogP contribution in [-0.2, 0) is 19.4 Å². The number of sulfone groups is 1. The fraction of sp³-hybridized carbons (Fsp3) is 0.333. The van der Waals surface area contributed by atoms with Gasteiger partial charge in [0.2, 0.25) is 21.7 Å². The van der Waals surface area contributed by atoms with Crippen LogP contribution in [0, 0.1) is 11.8 Å². The molecule has 0 bridgehead atoms. The van der Waals surface area contributed by atoms with Crippen LogP contribution >= 0.6 is 0 Å². The molecule has 7 nitrogen and oxygen atoms in total. The predicted molar refractivity (Wildman–Crippen MR) is 108 cm³/mol. The molecular weight excluding hydrogens is 392 g/mol. The largest absolute Gasteiger partial charge is 0.390 e. The third-order valence-electron chi connectivity index (χ3n) is 4.86. The van der Waals surface area contributed by atoms with E-state index in [9.17, 15) is 23.1 Å². The van der Waals surface area contributed by atoms with Gasteiger partial charge >= 0.3 is 0 Å². The molecule has 1 aliphatic rings. The third-order valence-corrected chi connectivity index (χ3v) is 6.64. The number of anilines is 1. The van der Waals surface area contributed by atoms with Gasteiger partial charge in [0.15, 0.2) is 0 Å². The molecule has 0 aliphatic carbocycles. The molecule has 1 heterocycles. The van der Waals surface area contributed by atoms with Crippen molar-refractivity contribution in [2.45, 2.75) is 42.2 Å². The first-order chi connectivity index (χ1) is 13.7. The monoisotopic (exact) mass is 416 g/mol. The lowest BCUT2D eigenvalue weighted by Gasteiger charge is -2.18. The molecule has 0 saturated carbocycles. The molecule has 2 amide bonds. The Hall–Kier alpha value is -2.71. The summed E-state index contributed by atoms with van der Waals surface area (Å²) in [6.07, 6.45) is -0.537. The van der Waals surface area contributed by atoms with E-state index in [1.165, 1.54) is 36.4 Å². The minimum absolute atomic E-state index is 0.0948. The standard InChI is InChI=1S/C21H24N2O5S/c1-13(2)12-17-19(24)18(21(26)23-17)20(25)22-14-8-10-16(11-9-14)29(27,28)15-6-4-3-5-7-15/h3-11,13,17-19,24H,12H2,1-2H3,(H,22,25)(H,23,26). The molecule has 3 N–H and O–H groups in total. The number of nitrogens with one attached hydrogen (secondary N) is 2. The molecule has 3 atom stereocenters. The number of benzene rings is 2. The number of amides is 2. The second-order valence-corrected chi connectivity index (χ2v) is 9.49. The summed E-state index contributed by atoms with van der Waals surface area (Å²) in [6.45, 7) is 3.94. The zero-order chi connectivity index (χ0) is 21.2. The summed E-state index contributed by atoms with van der Waals surface area (Å²) in [7, 11) is -3.65. The average Bonchev–Trinajstić information content (AvgIpc) is 2.95. The molecule has 1 fully saturated rings. The molecule has 1 saturated heterocycles. The second-order valence-electron chi connectivity index (χ2n) is 7.54. The summed E-state index contributed by atoms with van der Waals surface area (Å²) in [5.41, 5.74) is 0.342. The molecule has 3 rings (SSSR count). The summed E-state index contributed by atoms with van der Waals surface area (Å²) in [5, 5.41) is 15.6. The molecule has 8 heteroatoms. The predicted octanol–water partition coefficient (Wildman–Crippen LogP) is 1.98. The van der Waals surface area contributed by atoms with Crippen LogP contribution in [0.1, 0.15) is 20.3 Å². The quantitative estimate of drug-likeness (QED) is 0.624. The average molecular weight is 416 g/mol. The van der Waals surface area contributed by atoms with Gasteiger partial charge < -0.3 is 15.7 Å². The van der Waals surface area contributed by atoms with E-state index in [0.29, 0.717) is 12.1 Å². The normalized spacial score (nSPS) is 21.8. The van der Waals surface area contributed by atoms with Crippen LogP contribution < -0.4 is 10.6 Å². The number of aliphatic hydroxyl groups is 1. The Balaban J connectivity index is 1.72. The highest BCUT2D eigenvalue weighted by Gasteiger charge is 2.45.